The van der Waals surface area contributed by atoms with E-state index in [1.165, 1.54) is 0 Å². The second kappa shape index (κ2) is 9.36. The van der Waals surface area contributed by atoms with Crippen LogP contribution in [0.1, 0.15) is 19.4 Å². The molecule has 172 valence electrons. The minimum atomic E-state index is -0.172. The van der Waals surface area contributed by atoms with Crippen LogP contribution in [0.2, 0.25) is 0 Å². The molecule has 2 aromatic heterocycles. The van der Waals surface area contributed by atoms with Crippen LogP contribution in [0, 0.1) is 0 Å². The average molecular weight is 449 g/mol. The number of para-hydroxylation sites is 1. The molecule has 0 fully saturated rings. The highest BCUT2D eigenvalue weighted by molar-refractivity contribution is 6.06. The summed E-state index contributed by atoms with van der Waals surface area (Å²) in [7, 11) is 3.19. The highest BCUT2D eigenvalue weighted by Crippen LogP contribution is 2.28. The summed E-state index contributed by atoms with van der Waals surface area (Å²) in [6, 6.07) is 13.4. The monoisotopic (exact) mass is 448 g/mol. The number of rotatable bonds is 8. The highest BCUT2D eigenvalue weighted by Gasteiger charge is 2.18. The summed E-state index contributed by atoms with van der Waals surface area (Å²) in [5.41, 5.74) is 2.69. The molecule has 1 N–H and O–H groups in total. The van der Waals surface area contributed by atoms with Gasteiger partial charge in [-0.3, -0.25) is 14.2 Å². The fourth-order valence-electron chi connectivity index (χ4n) is 4.07. The minimum Gasteiger partial charge on any atom is -0.493 e. The molecule has 0 aliphatic heterocycles. The van der Waals surface area contributed by atoms with E-state index in [1.807, 2.05) is 56.3 Å². The summed E-state index contributed by atoms with van der Waals surface area (Å²) in [5, 5.41) is 3.76. The Hall–Kier alpha value is -3.81. The van der Waals surface area contributed by atoms with Gasteiger partial charge in [-0.05, 0) is 44.0 Å². The Bertz CT molecular complexity index is 1370. The van der Waals surface area contributed by atoms with Crippen LogP contribution in [0.15, 0.2) is 53.6 Å². The van der Waals surface area contributed by atoms with Crippen molar-refractivity contribution in [2.75, 3.05) is 14.2 Å². The fourth-order valence-corrected chi connectivity index (χ4v) is 4.07. The van der Waals surface area contributed by atoms with Crippen LogP contribution >= 0.6 is 0 Å². The Labute approximate surface area is 191 Å². The van der Waals surface area contributed by atoms with E-state index < -0.39 is 0 Å². The number of carbonyl (C=O) groups excluding carboxylic acids is 1. The number of nitrogens with one attached hydrogen (secondary N) is 1. The Morgan fingerprint density at radius 2 is 1.85 bits per heavy atom. The number of carbonyl (C=O) groups is 1. The molecule has 8 heteroatoms. The maximum absolute atomic E-state index is 13.5. The molecule has 0 spiro atoms. The molecule has 1 amide bonds. The molecule has 8 nitrogen and oxygen atoms in total. The van der Waals surface area contributed by atoms with Gasteiger partial charge in [0.25, 0.3) is 5.56 Å². The van der Waals surface area contributed by atoms with E-state index in [2.05, 4.69) is 10.3 Å². The van der Waals surface area contributed by atoms with Crippen molar-refractivity contribution in [3.63, 3.8) is 0 Å². The van der Waals surface area contributed by atoms with Crippen LogP contribution < -0.4 is 20.3 Å². The summed E-state index contributed by atoms with van der Waals surface area (Å²) < 4.78 is 14.0. The number of nitrogens with zero attached hydrogens (tertiary/aromatic N) is 3. The van der Waals surface area contributed by atoms with Gasteiger partial charge < -0.3 is 19.4 Å². The normalized spacial score (nSPS) is 11.3. The van der Waals surface area contributed by atoms with Crippen LogP contribution in [-0.4, -0.2) is 40.3 Å². The van der Waals surface area contributed by atoms with Crippen molar-refractivity contribution in [2.45, 2.75) is 39.4 Å². The Morgan fingerprint density at radius 1 is 1.09 bits per heavy atom. The van der Waals surface area contributed by atoms with E-state index >= 15 is 0 Å². The highest BCUT2D eigenvalue weighted by atomic mass is 16.5. The Balaban J connectivity index is 1.72. The van der Waals surface area contributed by atoms with Crippen LogP contribution in [-0.2, 0) is 24.3 Å². The molecule has 0 bridgehead atoms. The van der Waals surface area contributed by atoms with Crippen molar-refractivity contribution in [3.8, 4) is 11.5 Å². The number of ether oxygens (including phenoxy) is 2. The van der Waals surface area contributed by atoms with E-state index in [1.54, 1.807) is 29.7 Å². The lowest BCUT2D eigenvalue weighted by molar-refractivity contribution is -0.122. The van der Waals surface area contributed by atoms with Gasteiger partial charge in [-0.2, -0.15) is 0 Å². The van der Waals surface area contributed by atoms with E-state index in [0.29, 0.717) is 35.5 Å². The molecule has 0 aliphatic carbocycles. The summed E-state index contributed by atoms with van der Waals surface area (Å²) in [4.78, 5) is 30.6. The molecule has 0 saturated heterocycles. The van der Waals surface area contributed by atoms with E-state index in [-0.39, 0.29) is 24.1 Å². The quantitative estimate of drug-likeness (QED) is 0.448. The maximum atomic E-state index is 13.5. The first-order chi connectivity index (χ1) is 15.9. The zero-order valence-corrected chi connectivity index (χ0v) is 19.3. The SMILES string of the molecule is COc1ccc(CCn2cnc3c4ccccc4n(CC(=O)NC(C)C)c3c2=O)cc1OC. The Kier molecular flexibility index (Phi) is 6.35. The number of amides is 1. The van der Waals surface area contributed by atoms with Gasteiger partial charge in [0.15, 0.2) is 11.5 Å². The molecule has 2 aromatic carbocycles. The van der Waals surface area contributed by atoms with Crippen molar-refractivity contribution in [2.24, 2.45) is 0 Å². The second-order valence-corrected chi connectivity index (χ2v) is 8.21. The molecule has 0 saturated carbocycles. The predicted octanol–water partition coefficient (Wildman–Crippen LogP) is 3.14. The van der Waals surface area contributed by atoms with Crippen molar-refractivity contribution in [3.05, 3.63) is 64.7 Å². The first-order valence-corrected chi connectivity index (χ1v) is 10.9. The third-order valence-corrected chi connectivity index (χ3v) is 5.57. The van der Waals surface area contributed by atoms with Gasteiger partial charge in [0.1, 0.15) is 17.6 Å². The molecule has 0 unspecified atom stereocenters. The summed E-state index contributed by atoms with van der Waals surface area (Å²) in [6.45, 7) is 4.31. The van der Waals surface area contributed by atoms with Crippen molar-refractivity contribution < 1.29 is 14.3 Å². The molecular formula is C25H28N4O4. The number of hydrogen-bond acceptors (Lipinski definition) is 5. The van der Waals surface area contributed by atoms with E-state index in [0.717, 1.165) is 16.5 Å². The zero-order valence-electron chi connectivity index (χ0n) is 19.3. The number of aryl methyl sites for hydroxylation is 2. The van der Waals surface area contributed by atoms with E-state index in [4.69, 9.17) is 9.47 Å². The molecule has 4 aromatic rings. The minimum absolute atomic E-state index is 0.0156. The molecular weight excluding hydrogens is 420 g/mol. The first-order valence-electron chi connectivity index (χ1n) is 10.9. The lowest BCUT2D eigenvalue weighted by Crippen LogP contribution is -2.34. The van der Waals surface area contributed by atoms with Crippen LogP contribution in [0.5, 0.6) is 11.5 Å². The number of aromatic nitrogens is 3. The van der Waals surface area contributed by atoms with Crippen LogP contribution in [0.25, 0.3) is 21.9 Å². The van der Waals surface area contributed by atoms with Crippen LogP contribution in [0.4, 0.5) is 0 Å². The standard InChI is InChI=1S/C25H28N4O4/c1-16(2)27-22(30)14-29-19-8-6-5-7-18(19)23-24(29)25(31)28(15-26-23)12-11-17-9-10-20(32-3)21(13-17)33-4/h5-10,13,15-16H,11-12,14H2,1-4H3,(H,27,30). The summed E-state index contributed by atoms with van der Waals surface area (Å²) >= 11 is 0. The maximum Gasteiger partial charge on any atom is 0.277 e. The number of hydrogen-bond donors (Lipinski definition) is 1. The molecule has 33 heavy (non-hydrogen) atoms. The third kappa shape index (κ3) is 4.41. The van der Waals surface area contributed by atoms with E-state index in [9.17, 15) is 9.59 Å². The van der Waals surface area contributed by atoms with Gasteiger partial charge in [-0.1, -0.05) is 24.3 Å². The number of benzene rings is 2. The van der Waals surface area contributed by atoms with Gasteiger partial charge in [0.2, 0.25) is 5.91 Å². The first kappa shape index (κ1) is 22.4. The molecule has 0 radical (unpaired) electrons. The van der Waals surface area contributed by atoms with Crippen molar-refractivity contribution >= 4 is 27.8 Å². The Morgan fingerprint density at radius 3 is 2.58 bits per heavy atom. The van der Waals surface area contributed by atoms with Gasteiger partial charge in [0.05, 0.1) is 26.1 Å². The largest absolute Gasteiger partial charge is 0.493 e. The van der Waals surface area contributed by atoms with Crippen molar-refractivity contribution in [1.29, 1.82) is 0 Å². The fraction of sp³-hybridized carbons (Fsp3) is 0.320. The molecule has 4 rings (SSSR count). The number of fused-ring (bicyclic) bond motifs is 3. The van der Waals surface area contributed by atoms with Crippen molar-refractivity contribution in [1.82, 2.24) is 19.4 Å². The topological polar surface area (TPSA) is 87.4 Å². The molecule has 0 atom stereocenters. The zero-order chi connectivity index (χ0) is 23.5. The average Bonchev–Trinajstić information content (AvgIpc) is 3.12. The lowest BCUT2D eigenvalue weighted by Gasteiger charge is -2.12. The lowest BCUT2D eigenvalue weighted by atomic mass is 10.1. The van der Waals surface area contributed by atoms with Gasteiger partial charge in [-0.15, -0.1) is 0 Å². The molecule has 2 heterocycles. The summed E-state index contributed by atoms with van der Waals surface area (Å²) in [5.74, 6) is 1.16. The summed E-state index contributed by atoms with van der Waals surface area (Å²) in [6.07, 6.45) is 2.19. The van der Waals surface area contributed by atoms with Crippen LogP contribution in [0.3, 0.4) is 0 Å². The third-order valence-electron chi connectivity index (χ3n) is 5.57. The second-order valence-electron chi connectivity index (χ2n) is 8.21. The molecule has 0 aliphatic rings. The number of methoxy groups -OCH3 is 2. The van der Waals surface area contributed by atoms with Gasteiger partial charge in [-0.25, -0.2) is 4.98 Å². The smallest absolute Gasteiger partial charge is 0.277 e. The van der Waals surface area contributed by atoms with Gasteiger partial charge >= 0.3 is 0 Å². The predicted molar refractivity (Wildman–Crippen MR) is 128 cm³/mol. The van der Waals surface area contributed by atoms with Gasteiger partial charge in [0, 0.05) is 18.0 Å².